The van der Waals surface area contributed by atoms with Gasteiger partial charge in [0.05, 0.1) is 0 Å². The maximum absolute atomic E-state index is 7.05. The Labute approximate surface area is 80.0 Å². The van der Waals surface area contributed by atoms with Crippen LogP contribution >= 0.6 is 12.4 Å². The molecule has 0 bridgehead atoms. The Balaban J connectivity index is 0.00000121. The Hall–Kier alpha value is -0.440. The third kappa shape index (κ3) is 3.81. The van der Waals surface area contributed by atoms with Crippen LogP contribution in [-0.2, 0) is 0 Å². The minimum atomic E-state index is 0. The Morgan fingerprint density at radius 3 is 2.25 bits per heavy atom. The topological polar surface area (TPSA) is 61.9 Å². The van der Waals surface area contributed by atoms with Crippen molar-refractivity contribution >= 4 is 18.4 Å². The van der Waals surface area contributed by atoms with Crippen molar-refractivity contribution in [3.05, 3.63) is 0 Å². The standard InChI is InChI=1S/C8H17N3.ClH/c1-6-2-4-7(5-3-6)11-8(9)10;/h6-7H,2-5H2,1H3,(H4,9,10,11);1H/t6-,7-;. The number of halogens is 1. The van der Waals surface area contributed by atoms with Gasteiger partial charge in [-0.05, 0) is 31.6 Å². The maximum Gasteiger partial charge on any atom is 0.185 e. The lowest BCUT2D eigenvalue weighted by Crippen LogP contribution is -2.40. The molecule has 0 saturated heterocycles. The van der Waals surface area contributed by atoms with Gasteiger partial charge in [-0.25, -0.2) is 0 Å². The minimum absolute atomic E-state index is 0. The summed E-state index contributed by atoms with van der Waals surface area (Å²) in [5, 5.41) is 10.0. The van der Waals surface area contributed by atoms with Gasteiger partial charge in [-0.3, -0.25) is 5.41 Å². The van der Waals surface area contributed by atoms with Gasteiger partial charge >= 0.3 is 0 Å². The highest BCUT2D eigenvalue weighted by molar-refractivity contribution is 5.85. The number of nitrogens with one attached hydrogen (secondary N) is 2. The molecule has 1 aliphatic rings. The van der Waals surface area contributed by atoms with Crippen LogP contribution in [-0.4, -0.2) is 12.0 Å². The van der Waals surface area contributed by atoms with Crippen LogP contribution in [0.3, 0.4) is 0 Å². The van der Waals surface area contributed by atoms with Crippen molar-refractivity contribution in [1.29, 1.82) is 5.41 Å². The average Bonchev–Trinajstić information content (AvgIpc) is 1.93. The van der Waals surface area contributed by atoms with Crippen LogP contribution in [0.1, 0.15) is 32.6 Å². The molecule has 3 nitrogen and oxygen atoms in total. The third-order valence-electron chi connectivity index (χ3n) is 2.38. The molecular formula is C8H18ClN3. The Bertz CT molecular complexity index is 141. The van der Waals surface area contributed by atoms with Crippen LogP contribution in [0.25, 0.3) is 0 Å². The lowest BCUT2D eigenvalue weighted by Gasteiger charge is -2.26. The molecule has 0 aromatic heterocycles. The van der Waals surface area contributed by atoms with Crippen LogP contribution in [0, 0.1) is 11.3 Å². The highest BCUT2D eigenvalue weighted by Crippen LogP contribution is 2.22. The van der Waals surface area contributed by atoms with E-state index < -0.39 is 0 Å². The van der Waals surface area contributed by atoms with E-state index in [0.29, 0.717) is 6.04 Å². The summed E-state index contributed by atoms with van der Waals surface area (Å²) >= 11 is 0. The van der Waals surface area contributed by atoms with Crippen LogP contribution in [0.4, 0.5) is 0 Å². The molecule has 1 saturated carbocycles. The van der Waals surface area contributed by atoms with Gasteiger partial charge in [-0.15, -0.1) is 12.4 Å². The second-order valence-electron chi connectivity index (χ2n) is 3.51. The van der Waals surface area contributed by atoms with Crippen molar-refractivity contribution in [1.82, 2.24) is 5.32 Å². The van der Waals surface area contributed by atoms with E-state index in [4.69, 9.17) is 11.1 Å². The average molecular weight is 192 g/mol. The van der Waals surface area contributed by atoms with Gasteiger partial charge in [0, 0.05) is 6.04 Å². The zero-order valence-corrected chi connectivity index (χ0v) is 8.29. The lowest BCUT2D eigenvalue weighted by molar-refractivity contribution is 0.330. The van der Waals surface area contributed by atoms with Crippen LogP contribution in [0.5, 0.6) is 0 Å². The monoisotopic (exact) mass is 191 g/mol. The highest BCUT2D eigenvalue weighted by Gasteiger charge is 2.17. The Morgan fingerprint density at radius 1 is 1.33 bits per heavy atom. The fraction of sp³-hybridized carbons (Fsp3) is 0.875. The molecule has 0 aromatic rings. The molecule has 1 rings (SSSR count). The molecule has 0 atom stereocenters. The van der Waals surface area contributed by atoms with Crippen molar-refractivity contribution in [2.75, 3.05) is 0 Å². The Morgan fingerprint density at radius 2 is 1.83 bits per heavy atom. The molecular weight excluding hydrogens is 174 g/mol. The molecule has 12 heavy (non-hydrogen) atoms. The molecule has 4 N–H and O–H groups in total. The van der Waals surface area contributed by atoms with Crippen molar-refractivity contribution in [3.8, 4) is 0 Å². The van der Waals surface area contributed by atoms with Crippen LogP contribution in [0.2, 0.25) is 0 Å². The van der Waals surface area contributed by atoms with Gasteiger partial charge in [0.2, 0.25) is 0 Å². The zero-order valence-electron chi connectivity index (χ0n) is 7.47. The maximum atomic E-state index is 7.05. The molecule has 0 unspecified atom stereocenters. The molecule has 0 amide bonds. The van der Waals surface area contributed by atoms with E-state index in [2.05, 4.69) is 12.2 Å². The fourth-order valence-corrected chi connectivity index (χ4v) is 1.62. The number of hydrogen-bond acceptors (Lipinski definition) is 1. The van der Waals surface area contributed by atoms with Gasteiger partial charge in [-0.1, -0.05) is 6.92 Å². The predicted octanol–water partition coefficient (Wildman–Crippen LogP) is 1.47. The summed E-state index contributed by atoms with van der Waals surface area (Å²) in [6.45, 7) is 2.28. The van der Waals surface area contributed by atoms with Crippen molar-refractivity contribution in [2.45, 2.75) is 38.6 Å². The molecule has 4 heteroatoms. The zero-order chi connectivity index (χ0) is 8.27. The number of hydrogen-bond donors (Lipinski definition) is 3. The van der Waals surface area contributed by atoms with Gasteiger partial charge < -0.3 is 11.1 Å². The second-order valence-corrected chi connectivity index (χ2v) is 3.51. The molecule has 0 aromatic carbocycles. The molecule has 1 fully saturated rings. The summed E-state index contributed by atoms with van der Waals surface area (Å²) in [4.78, 5) is 0. The fourth-order valence-electron chi connectivity index (χ4n) is 1.62. The summed E-state index contributed by atoms with van der Waals surface area (Å²) in [5.74, 6) is 0.976. The molecule has 0 aliphatic heterocycles. The first kappa shape index (κ1) is 11.6. The van der Waals surface area contributed by atoms with Crippen LogP contribution in [0.15, 0.2) is 0 Å². The minimum Gasteiger partial charge on any atom is -0.370 e. The second kappa shape index (κ2) is 5.25. The summed E-state index contributed by atoms with van der Waals surface area (Å²) in [6.07, 6.45) is 4.87. The molecule has 0 spiro atoms. The third-order valence-corrected chi connectivity index (χ3v) is 2.38. The first-order chi connectivity index (χ1) is 5.18. The van der Waals surface area contributed by atoms with Crippen molar-refractivity contribution < 1.29 is 0 Å². The van der Waals surface area contributed by atoms with E-state index in [1.807, 2.05) is 0 Å². The first-order valence-corrected chi connectivity index (χ1v) is 4.29. The lowest BCUT2D eigenvalue weighted by atomic mass is 9.87. The largest absolute Gasteiger partial charge is 0.370 e. The smallest absolute Gasteiger partial charge is 0.185 e. The van der Waals surface area contributed by atoms with E-state index >= 15 is 0 Å². The van der Waals surface area contributed by atoms with Gasteiger partial charge in [0.25, 0.3) is 0 Å². The van der Waals surface area contributed by atoms with Crippen molar-refractivity contribution in [2.24, 2.45) is 11.7 Å². The summed E-state index contributed by atoms with van der Waals surface area (Å²) in [7, 11) is 0. The first-order valence-electron chi connectivity index (χ1n) is 4.29. The van der Waals surface area contributed by atoms with E-state index in [-0.39, 0.29) is 18.4 Å². The molecule has 0 heterocycles. The SMILES string of the molecule is C[C@H]1CC[C@H](NC(=N)N)CC1.Cl. The van der Waals surface area contributed by atoms with Crippen LogP contribution < -0.4 is 11.1 Å². The normalized spacial score (nSPS) is 28.8. The molecule has 1 aliphatic carbocycles. The predicted molar refractivity (Wildman–Crippen MR) is 53.7 cm³/mol. The summed E-state index contributed by atoms with van der Waals surface area (Å²) in [5.41, 5.74) is 5.23. The number of guanidine groups is 1. The Kier molecular flexibility index (Phi) is 5.06. The molecule has 72 valence electrons. The molecule has 0 radical (unpaired) electrons. The van der Waals surface area contributed by atoms with E-state index in [0.717, 1.165) is 5.92 Å². The summed E-state index contributed by atoms with van der Waals surface area (Å²) < 4.78 is 0. The highest BCUT2D eigenvalue weighted by atomic mass is 35.5. The van der Waals surface area contributed by atoms with Crippen molar-refractivity contribution in [3.63, 3.8) is 0 Å². The quantitative estimate of drug-likeness (QED) is 0.434. The number of nitrogens with two attached hydrogens (primary N) is 1. The van der Waals surface area contributed by atoms with E-state index in [9.17, 15) is 0 Å². The van der Waals surface area contributed by atoms with Gasteiger partial charge in [0.15, 0.2) is 5.96 Å². The van der Waals surface area contributed by atoms with Gasteiger partial charge in [0.1, 0.15) is 0 Å². The van der Waals surface area contributed by atoms with Gasteiger partial charge in [-0.2, -0.15) is 0 Å². The number of rotatable bonds is 1. The summed E-state index contributed by atoms with van der Waals surface area (Å²) in [6, 6.07) is 0.462. The van der Waals surface area contributed by atoms with E-state index in [1.54, 1.807) is 0 Å². The van der Waals surface area contributed by atoms with E-state index in [1.165, 1.54) is 25.7 Å².